The number of halogens is 2. The summed E-state index contributed by atoms with van der Waals surface area (Å²) in [5.74, 6) is -1.61. The number of carbonyl (C=O) groups is 2. The van der Waals surface area contributed by atoms with Crippen LogP contribution in [0.3, 0.4) is 0 Å². The summed E-state index contributed by atoms with van der Waals surface area (Å²) in [4.78, 5) is 28.2. The van der Waals surface area contributed by atoms with Crippen molar-refractivity contribution < 1.29 is 22.4 Å². The zero-order valence-corrected chi connectivity index (χ0v) is 24.9. The number of hydrogen-bond donors (Lipinski definition) is 1. The smallest absolute Gasteiger partial charge is 0.264 e. The number of sulfonamides is 1. The Hall–Kier alpha value is -3.43. The lowest BCUT2D eigenvalue weighted by Crippen LogP contribution is -2.52. The van der Waals surface area contributed by atoms with Crippen LogP contribution < -0.4 is 9.62 Å². The maximum atomic E-state index is 14.6. The van der Waals surface area contributed by atoms with E-state index in [2.05, 4.69) is 5.32 Å². The molecule has 2 amide bonds. The molecule has 0 unspecified atom stereocenters. The molecular formula is C30H35ClFN3O4S. The second-order valence-electron chi connectivity index (χ2n) is 9.84. The van der Waals surface area contributed by atoms with Crippen molar-refractivity contribution >= 4 is 39.1 Å². The van der Waals surface area contributed by atoms with Gasteiger partial charge in [0.25, 0.3) is 10.0 Å². The Morgan fingerprint density at radius 3 is 2.23 bits per heavy atom. The molecule has 0 spiro atoms. The number of nitrogens with zero attached hydrogens (tertiary/aromatic N) is 2. The average Bonchev–Trinajstić information content (AvgIpc) is 2.92. The van der Waals surface area contributed by atoms with Crippen LogP contribution in [0.5, 0.6) is 0 Å². The summed E-state index contributed by atoms with van der Waals surface area (Å²) >= 11 is 5.99. The molecule has 0 heterocycles. The van der Waals surface area contributed by atoms with Gasteiger partial charge in [-0.2, -0.15) is 0 Å². The molecule has 1 N–H and O–H groups in total. The molecule has 40 heavy (non-hydrogen) atoms. The number of hydrogen-bond acceptors (Lipinski definition) is 4. The quantitative estimate of drug-likeness (QED) is 0.315. The Morgan fingerprint density at radius 2 is 1.62 bits per heavy atom. The van der Waals surface area contributed by atoms with Gasteiger partial charge in [0, 0.05) is 23.2 Å². The molecule has 0 saturated carbocycles. The Balaban J connectivity index is 2.06. The molecule has 3 rings (SSSR count). The van der Waals surface area contributed by atoms with Gasteiger partial charge in [0.05, 0.1) is 10.6 Å². The highest BCUT2D eigenvalue weighted by molar-refractivity contribution is 7.92. The largest absolute Gasteiger partial charge is 0.352 e. The van der Waals surface area contributed by atoms with Crippen LogP contribution in [0.4, 0.5) is 10.1 Å². The molecule has 0 radical (unpaired) electrons. The number of anilines is 1. The molecule has 0 aliphatic rings. The van der Waals surface area contributed by atoms with Gasteiger partial charge in [-0.15, -0.1) is 0 Å². The fraction of sp³-hybridized carbons (Fsp3) is 0.333. The number of aryl methyl sites for hydroxylation is 2. The molecule has 0 aromatic heterocycles. The van der Waals surface area contributed by atoms with Gasteiger partial charge in [-0.3, -0.25) is 13.9 Å². The van der Waals surface area contributed by atoms with E-state index in [0.717, 1.165) is 15.4 Å². The van der Waals surface area contributed by atoms with Crippen LogP contribution >= 0.6 is 11.6 Å². The van der Waals surface area contributed by atoms with E-state index in [-0.39, 0.29) is 28.7 Å². The molecular weight excluding hydrogens is 553 g/mol. The zero-order chi connectivity index (χ0) is 29.6. The first-order chi connectivity index (χ1) is 18.8. The van der Waals surface area contributed by atoms with E-state index in [1.165, 1.54) is 47.4 Å². The summed E-state index contributed by atoms with van der Waals surface area (Å²) in [5, 5.41) is 3.22. The summed E-state index contributed by atoms with van der Waals surface area (Å²) in [5.41, 5.74) is 2.28. The molecule has 214 valence electrons. The lowest BCUT2D eigenvalue weighted by Gasteiger charge is -2.32. The number of benzene rings is 3. The van der Waals surface area contributed by atoms with Gasteiger partial charge < -0.3 is 10.2 Å². The van der Waals surface area contributed by atoms with Crippen LogP contribution in [-0.2, 0) is 26.2 Å². The molecule has 10 heteroatoms. The zero-order valence-electron chi connectivity index (χ0n) is 23.3. The highest BCUT2D eigenvalue weighted by Crippen LogP contribution is 2.27. The standard InChI is InChI=1S/C30H35ClFN3O4S/c1-6-22(4)33-30(37)23(5)34(18-24-9-7-8-10-28(24)32)29(36)19-35(26-14-11-20(2)21(3)17-26)40(38,39)27-15-12-25(31)13-16-27/h7-17,22-23H,6,18-19H2,1-5H3,(H,33,37)/t22-,23-/m1/s1. The normalized spacial score (nSPS) is 12.9. The Kier molecular flexibility index (Phi) is 10.3. The predicted octanol–water partition coefficient (Wildman–Crippen LogP) is 5.62. The maximum absolute atomic E-state index is 14.6. The third kappa shape index (κ3) is 7.40. The highest BCUT2D eigenvalue weighted by atomic mass is 35.5. The van der Waals surface area contributed by atoms with E-state index in [1.54, 1.807) is 31.2 Å². The van der Waals surface area contributed by atoms with E-state index in [1.807, 2.05) is 27.7 Å². The van der Waals surface area contributed by atoms with E-state index in [4.69, 9.17) is 11.6 Å². The van der Waals surface area contributed by atoms with Crippen LogP contribution in [0.2, 0.25) is 5.02 Å². The summed E-state index contributed by atoms with van der Waals surface area (Å²) in [6, 6.07) is 15.6. The second kappa shape index (κ2) is 13.3. The third-order valence-electron chi connectivity index (χ3n) is 6.93. The summed E-state index contributed by atoms with van der Waals surface area (Å²) in [6.07, 6.45) is 0.680. The summed E-state index contributed by atoms with van der Waals surface area (Å²) in [6.45, 7) is 8.22. The monoisotopic (exact) mass is 587 g/mol. The Bertz CT molecular complexity index is 1460. The van der Waals surface area contributed by atoms with Crippen molar-refractivity contribution in [3.8, 4) is 0 Å². The number of amides is 2. The van der Waals surface area contributed by atoms with Crippen molar-refractivity contribution in [1.82, 2.24) is 10.2 Å². The van der Waals surface area contributed by atoms with Crippen molar-refractivity contribution in [3.05, 3.63) is 94.3 Å². The van der Waals surface area contributed by atoms with Gasteiger partial charge in [-0.05, 0) is 87.7 Å². The first kappa shape index (κ1) is 31.1. The predicted molar refractivity (Wildman–Crippen MR) is 156 cm³/mol. The van der Waals surface area contributed by atoms with Crippen LogP contribution in [0.15, 0.2) is 71.6 Å². The molecule has 3 aromatic carbocycles. The molecule has 0 saturated heterocycles. The fourth-order valence-corrected chi connectivity index (χ4v) is 5.53. The lowest BCUT2D eigenvalue weighted by atomic mass is 10.1. The molecule has 0 fully saturated rings. The van der Waals surface area contributed by atoms with Gasteiger partial charge in [0.1, 0.15) is 18.4 Å². The minimum absolute atomic E-state index is 0.0499. The lowest BCUT2D eigenvalue weighted by molar-refractivity contribution is -0.139. The highest BCUT2D eigenvalue weighted by Gasteiger charge is 2.33. The van der Waals surface area contributed by atoms with Crippen LogP contribution in [0, 0.1) is 19.7 Å². The van der Waals surface area contributed by atoms with Crippen LogP contribution in [0.1, 0.15) is 43.9 Å². The van der Waals surface area contributed by atoms with Crippen molar-refractivity contribution in [2.24, 2.45) is 0 Å². The Labute approximate surface area is 241 Å². The van der Waals surface area contributed by atoms with E-state index in [9.17, 15) is 22.4 Å². The molecule has 7 nitrogen and oxygen atoms in total. The minimum atomic E-state index is -4.23. The van der Waals surface area contributed by atoms with E-state index in [0.29, 0.717) is 11.4 Å². The van der Waals surface area contributed by atoms with Crippen molar-refractivity contribution in [1.29, 1.82) is 0 Å². The Morgan fingerprint density at radius 1 is 0.975 bits per heavy atom. The van der Waals surface area contributed by atoms with Gasteiger partial charge in [-0.1, -0.05) is 42.8 Å². The first-order valence-electron chi connectivity index (χ1n) is 13.0. The fourth-order valence-electron chi connectivity index (χ4n) is 4.00. The topological polar surface area (TPSA) is 86.8 Å². The first-order valence-corrected chi connectivity index (χ1v) is 14.9. The van der Waals surface area contributed by atoms with E-state index >= 15 is 0 Å². The van der Waals surface area contributed by atoms with E-state index < -0.39 is 40.2 Å². The molecule has 2 atom stereocenters. The van der Waals surface area contributed by atoms with Crippen molar-refractivity contribution in [2.75, 3.05) is 10.8 Å². The van der Waals surface area contributed by atoms with Crippen LogP contribution in [-0.4, -0.2) is 43.8 Å². The minimum Gasteiger partial charge on any atom is -0.352 e. The molecule has 3 aromatic rings. The molecule has 0 aliphatic carbocycles. The number of rotatable bonds is 11. The summed E-state index contributed by atoms with van der Waals surface area (Å²) in [7, 11) is -4.23. The number of nitrogens with one attached hydrogen (secondary N) is 1. The van der Waals surface area contributed by atoms with Crippen LogP contribution in [0.25, 0.3) is 0 Å². The number of carbonyl (C=O) groups excluding carboxylic acids is 2. The van der Waals surface area contributed by atoms with Gasteiger partial charge >= 0.3 is 0 Å². The van der Waals surface area contributed by atoms with Gasteiger partial charge in [0.15, 0.2) is 0 Å². The van der Waals surface area contributed by atoms with Gasteiger partial charge in [-0.25, -0.2) is 12.8 Å². The molecule has 0 aliphatic heterocycles. The SMILES string of the molecule is CC[C@@H](C)NC(=O)[C@@H](C)N(Cc1ccccc1F)C(=O)CN(c1ccc(C)c(C)c1)S(=O)(=O)c1ccc(Cl)cc1. The second-order valence-corrected chi connectivity index (χ2v) is 12.1. The average molecular weight is 588 g/mol. The summed E-state index contributed by atoms with van der Waals surface area (Å²) < 4.78 is 43.4. The molecule has 0 bridgehead atoms. The third-order valence-corrected chi connectivity index (χ3v) is 8.97. The van der Waals surface area contributed by atoms with Crippen molar-refractivity contribution in [2.45, 2.75) is 64.6 Å². The van der Waals surface area contributed by atoms with Gasteiger partial charge in [0.2, 0.25) is 11.8 Å². The maximum Gasteiger partial charge on any atom is 0.264 e. The van der Waals surface area contributed by atoms with Crippen molar-refractivity contribution in [3.63, 3.8) is 0 Å².